The van der Waals surface area contributed by atoms with Gasteiger partial charge in [0.25, 0.3) is 11.8 Å². The van der Waals surface area contributed by atoms with Gasteiger partial charge in [-0.15, -0.1) is 0 Å². The monoisotopic (exact) mass is 553 g/mol. The number of carbonyl (C=O) groups is 2. The minimum Gasteiger partial charge on any atom is -0.351 e. The molecular weight excluding hydrogens is 518 g/mol. The molecule has 2 heterocycles. The molecule has 1 aliphatic heterocycles. The Morgan fingerprint density at radius 3 is 2.38 bits per heavy atom. The second kappa shape index (κ2) is 11.1. The van der Waals surface area contributed by atoms with E-state index >= 15 is 0 Å². The number of aryl methyl sites for hydroxylation is 1. The highest BCUT2D eigenvalue weighted by Gasteiger charge is 2.53. The Morgan fingerprint density at radius 2 is 1.62 bits per heavy atom. The molecule has 3 aromatic carbocycles. The molecule has 40 heavy (non-hydrogen) atoms. The second-order valence-electron chi connectivity index (χ2n) is 11.4. The van der Waals surface area contributed by atoms with Crippen LogP contribution in [-0.2, 0) is 23.4 Å². The number of nitrogens with zero attached hydrogens (tertiary/aromatic N) is 2. The molecule has 5 nitrogen and oxygen atoms in total. The molecule has 1 fully saturated rings. The molecule has 1 aromatic heterocycles. The van der Waals surface area contributed by atoms with E-state index < -0.39 is 5.54 Å². The van der Waals surface area contributed by atoms with Crippen LogP contribution in [0.1, 0.15) is 72.1 Å². The zero-order valence-electron chi connectivity index (χ0n) is 23.0. The number of benzene rings is 3. The standard InChI is InChI=1S/C34H36ClN3O2/c1-24-18-19-25-21-31-32(39)38(22-26-12-10-11-17-29(26)35)34(23-37(31)30(25)20-24,27-13-6-5-7-14-27)33(40)36-28-15-8-3-2-4-9-16-28/h5-7,10-14,17-21,28H,2-4,8-9,15-16,22-23H2,1H3,(H,36,40)/t34-/m0/s1. The van der Waals surface area contributed by atoms with Crippen molar-refractivity contribution in [2.45, 2.75) is 76.5 Å². The van der Waals surface area contributed by atoms with Crippen LogP contribution in [0.15, 0.2) is 78.9 Å². The second-order valence-corrected chi connectivity index (χ2v) is 11.8. The van der Waals surface area contributed by atoms with E-state index in [1.165, 1.54) is 19.3 Å². The fraction of sp³-hybridized carbons (Fsp3) is 0.353. The number of fused-ring (bicyclic) bond motifs is 3. The molecule has 1 saturated carbocycles. The SMILES string of the molecule is Cc1ccc2cc3n(c2c1)C[C@@](C(=O)NC1CCCCCCC1)(c1ccccc1)N(Cc1ccccc1Cl)C3=O. The van der Waals surface area contributed by atoms with Crippen molar-refractivity contribution < 1.29 is 9.59 Å². The lowest BCUT2D eigenvalue weighted by molar-refractivity contribution is -0.136. The van der Waals surface area contributed by atoms with Crippen molar-refractivity contribution in [3.8, 4) is 0 Å². The molecule has 6 heteroatoms. The predicted molar refractivity (Wildman–Crippen MR) is 160 cm³/mol. The highest BCUT2D eigenvalue weighted by Crippen LogP contribution is 2.41. The van der Waals surface area contributed by atoms with Crippen LogP contribution >= 0.6 is 11.6 Å². The summed E-state index contributed by atoms with van der Waals surface area (Å²) >= 11 is 6.64. The van der Waals surface area contributed by atoms with E-state index in [2.05, 4.69) is 35.0 Å². The Labute approximate surface area is 241 Å². The Kier molecular flexibility index (Phi) is 7.41. The predicted octanol–water partition coefficient (Wildman–Crippen LogP) is 7.38. The van der Waals surface area contributed by atoms with E-state index in [0.717, 1.165) is 53.3 Å². The molecule has 1 atom stereocenters. The molecule has 0 spiro atoms. The number of amides is 2. The minimum absolute atomic E-state index is 0.0932. The normalized spacial score (nSPS) is 20.1. The average Bonchev–Trinajstić information content (AvgIpc) is 3.30. The summed E-state index contributed by atoms with van der Waals surface area (Å²) in [7, 11) is 0. The van der Waals surface area contributed by atoms with Gasteiger partial charge in [0.1, 0.15) is 5.69 Å². The number of nitrogens with one attached hydrogen (secondary N) is 1. The summed E-state index contributed by atoms with van der Waals surface area (Å²) in [6.07, 6.45) is 7.81. The highest BCUT2D eigenvalue weighted by atomic mass is 35.5. The van der Waals surface area contributed by atoms with E-state index in [-0.39, 0.29) is 24.4 Å². The highest BCUT2D eigenvalue weighted by molar-refractivity contribution is 6.31. The molecule has 2 aliphatic rings. The van der Waals surface area contributed by atoms with Crippen molar-refractivity contribution in [3.05, 3.63) is 106 Å². The van der Waals surface area contributed by atoms with Crippen LogP contribution in [0.2, 0.25) is 5.02 Å². The zero-order valence-corrected chi connectivity index (χ0v) is 23.8. The van der Waals surface area contributed by atoms with Crippen molar-refractivity contribution in [1.82, 2.24) is 14.8 Å². The van der Waals surface area contributed by atoms with E-state index in [1.54, 1.807) is 4.90 Å². The smallest absolute Gasteiger partial charge is 0.272 e. The van der Waals surface area contributed by atoms with Gasteiger partial charge in [0.15, 0.2) is 5.54 Å². The Balaban J connectivity index is 1.53. The number of halogens is 1. The largest absolute Gasteiger partial charge is 0.351 e. The summed E-state index contributed by atoms with van der Waals surface area (Å²) in [4.78, 5) is 31.1. The topological polar surface area (TPSA) is 54.3 Å². The maximum absolute atomic E-state index is 14.8. The van der Waals surface area contributed by atoms with E-state index in [1.807, 2.05) is 60.7 Å². The lowest BCUT2D eigenvalue weighted by atomic mass is 9.83. The fourth-order valence-corrected chi connectivity index (χ4v) is 6.73. The fourth-order valence-electron chi connectivity index (χ4n) is 6.53. The molecular formula is C34H36ClN3O2. The van der Waals surface area contributed by atoms with Crippen LogP contribution in [0, 0.1) is 6.92 Å². The minimum atomic E-state index is -1.25. The summed E-state index contributed by atoms with van der Waals surface area (Å²) < 4.78 is 2.05. The lowest BCUT2D eigenvalue weighted by Gasteiger charge is -2.47. The number of carbonyl (C=O) groups excluding carboxylic acids is 2. The van der Waals surface area contributed by atoms with E-state index in [4.69, 9.17) is 11.6 Å². The molecule has 6 rings (SSSR count). The van der Waals surface area contributed by atoms with Gasteiger partial charge in [-0.25, -0.2) is 0 Å². The number of hydrogen-bond donors (Lipinski definition) is 1. The van der Waals surface area contributed by atoms with Gasteiger partial charge in [0.2, 0.25) is 0 Å². The van der Waals surface area contributed by atoms with Gasteiger partial charge < -0.3 is 14.8 Å². The van der Waals surface area contributed by atoms with Crippen LogP contribution in [0.4, 0.5) is 0 Å². The van der Waals surface area contributed by atoms with Gasteiger partial charge in [0, 0.05) is 28.5 Å². The van der Waals surface area contributed by atoms with Gasteiger partial charge >= 0.3 is 0 Å². The molecule has 0 unspecified atom stereocenters. The molecule has 0 bridgehead atoms. The molecule has 4 aromatic rings. The first-order valence-electron chi connectivity index (χ1n) is 14.5. The zero-order chi connectivity index (χ0) is 27.7. The van der Waals surface area contributed by atoms with Crippen molar-refractivity contribution in [2.75, 3.05) is 0 Å². The first-order chi connectivity index (χ1) is 19.5. The number of rotatable bonds is 5. The van der Waals surface area contributed by atoms with Gasteiger partial charge in [-0.3, -0.25) is 9.59 Å². The van der Waals surface area contributed by atoms with Crippen molar-refractivity contribution in [1.29, 1.82) is 0 Å². The first-order valence-corrected chi connectivity index (χ1v) is 14.9. The maximum Gasteiger partial charge on any atom is 0.272 e. The van der Waals surface area contributed by atoms with E-state index in [0.29, 0.717) is 17.3 Å². The molecule has 206 valence electrons. The summed E-state index contributed by atoms with van der Waals surface area (Å²) in [6.45, 7) is 2.61. The molecule has 1 N–H and O–H groups in total. The quantitative estimate of drug-likeness (QED) is 0.280. The Bertz CT molecular complexity index is 1540. The third-order valence-corrected chi connectivity index (χ3v) is 9.09. The number of aromatic nitrogens is 1. The third kappa shape index (κ3) is 4.81. The summed E-state index contributed by atoms with van der Waals surface area (Å²) in [5, 5.41) is 5.03. The molecule has 1 aliphatic carbocycles. The molecule has 0 radical (unpaired) electrons. The van der Waals surface area contributed by atoms with Crippen LogP contribution in [0.5, 0.6) is 0 Å². The van der Waals surface area contributed by atoms with Gasteiger partial charge in [-0.2, -0.15) is 0 Å². The Hall–Kier alpha value is -3.57. The van der Waals surface area contributed by atoms with Gasteiger partial charge in [-0.1, -0.05) is 104 Å². The summed E-state index contributed by atoms with van der Waals surface area (Å²) in [6, 6.07) is 25.7. The lowest BCUT2D eigenvalue weighted by Crippen LogP contribution is -2.64. The van der Waals surface area contributed by atoms with Crippen molar-refractivity contribution in [3.63, 3.8) is 0 Å². The average molecular weight is 554 g/mol. The Morgan fingerprint density at radius 1 is 0.925 bits per heavy atom. The van der Waals surface area contributed by atoms with Crippen LogP contribution < -0.4 is 5.32 Å². The first kappa shape index (κ1) is 26.6. The maximum atomic E-state index is 14.8. The molecule has 2 amide bonds. The van der Waals surface area contributed by atoms with E-state index in [9.17, 15) is 9.59 Å². The third-order valence-electron chi connectivity index (χ3n) is 8.73. The summed E-state index contributed by atoms with van der Waals surface area (Å²) in [5.41, 5.74) is 3.06. The van der Waals surface area contributed by atoms with Crippen LogP contribution in [-0.4, -0.2) is 27.3 Å². The summed E-state index contributed by atoms with van der Waals surface area (Å²) in [5.74, 6) is -0.290. The van der Waals surface area contributed by atoms with Gasteiger partial charge in [0.05, 0.1) is 6.54 Å². The van der Waals surface area contributed by atoms with Crippen LogP contribution in [0.25, 0.3) is 10.9 Å². The van der Waals surface area contributed by atoms with Crippen molar-refractivity contribution >= 4 is 34.3 Å². The number of hydrogen-bond acceptors (Lipinski definition) is 2. The van der Waals surface area contributed by atoms with Crippen molar-refractivity contribution in [2.24, 2.45) is 0 Å². The van der Waals surface area contributed by atoms with Gasteiger partial charge in [-0.05, 0) is 54.7 Å². The van der Waals surface area contributed by atoms with Crippen LogP contribution in [0.3, 0.4) is 0 Å². The molecule has 0 saturated heterocycles.